The van der Waals surface area contributed by atoms with Crippen LogP contribution in [0.3, 0.4) is 0 Å². The van der Waals surface area contributed by atoms with E-state index in [4.69, 9.17) is 0 Å². The van der Waals surface area contributed by atoms with Crippen molar-refractivity contribution >= 4 is 15.9 Å². The molecule has 3 nitrogen and oxygen atoms in total. The Morgan fingerprint density at radius 1 is 1.24 bits per heavy atom. The van der Waals surface area contributed by atoms with Gasteiger partial charge in [-0.3, -0.25) is 4.68 Å². The summed E-state index contributed by atoms with van der Waals surface area (Å²) in [6.07, 6.45) is 8.06. The van der Waals surface area contributed by atoms with Crippen molar-refractivity contribution in [1.82, 2.24) is 9.78 Å². The highest BCUT2D eigenvalue weighted by Gasteiger charge is 2.18. The number of benzene rings is 1. The smallest absolute Gasteiger partial charge is 0.0650 e. The number of aliphatic hydroxyl groups excluding tert-OH is 1. The molecule has 21 heavy (non-hydrogen) atoms. The Bertz CT molecular complexity index is 590. The fourth-order valence-electron chi connectivity index (χ4n) is 3.11. The Kier molecular flexibility index (Phi) is 4.76. The van der Waals surface area contributed by atoms with Crippen molar-refractivity contribution in [3.63, 3.8) is 0 Å². The van der Waals surface area contributed by atoms with Gasteiger partial charge in [-0.15, -0.1) is 0 Å². The molecular weight excluding hydrogens is 328 g/mol. The molecule has 0 spiro atoms. The van der Waals surface area contributed by atoms with Crippen LogP contribution in [0.15, 0.2) is 41.0 Å². The summed E-state index contributed by atoms with van der Waals surface area (Å²) in [5.74, 6) is 0. The molecule has 0 radical (unpaired) electrons. The van der Waals surface area contributed by atoms with Gasteiger partial charge in [0.2, 0.25) is 0 Å². The largest absolute Gasteiger partial charge is 0.392 e. The summed E-state index contributed by atoms with van der Waals surface area (Å²) in [5.41, 5.74) is 2.14. The summed E-state index contributed by atoms with van der Waals surface area (Å²) in [4.78, 5) is 0. The van der Waals surface area contributed by atoms with Crippen molar-refractivity contribution in [3.8, 4) is 0 Å². The topological polar surface area (TPSA) is 38.0 Å². The maximum atomic E-state index is 10.3. The lowest BCUT2D eigenvalue weighted by Crippen LogP contribution is -2.15. The van der Waals surface area contributed by atoms with E-state index in [1.165, 1.54) is 25.7 Å². The molecule has 1 N–H and O–H groups in total. The molecule has 0 bridgehead atoms. The molecule has 2 aromatic rings. The number of rotatable bonds is 5. The summed E-state index contributed by atoms with van der Waals surface area (Å²) in [5, 5.41) is 14.9. The molecule has 0 saturated heterocycles. The predicted molar refractivity (Wildman–Crippen MR) is 87.3 cm³/mol. The van der Waals surface area contributed by atoms with Gasteiger partial charge in [-0.1, -0.05) is 40.9 Å². The first kappa shape index (κ1) is 14.8. The zero-order valence-corrected chi connectivity index (χ0v) is 13.7. The molecule has 1 atom stereocenters. The van der Waals surface area contributed by atoms with E-state index in [9.17, 15) is 5.11 Å². The van der Waals surface area contributed by atoms with E-state index in [0.29, 0.717) is 18.9 Å². The number of aliphatic hydroxyl groups is 1. The maximum absolute atomic E-state index is 10.3. The number of aromatic nitrogens is 2. The van der Waals surface area contributed by atoms with Crippen molar-refractivity contribution in [2.75, 3.05) is 0 Å². The van der Waals surface area contributed by atoms with Gasteiger partial charge in [0.05, 0.1) is 17.8 Å². The van der Waals surface area contributed by atoms with Gasteiger partial charge in [0.25, 0.3) is 0 Å². The molecule has 1 aromatic carbocycles. The van der Waals surface area contributed by atoms with Gasteiger partial charge in [-0.25, -0.2) is 0 Å². The predicted octanol–water partition coefficient (Wildman–Crippen LogP) is 3.91. The third-order valence-corrected chi connectivity index (χ3v) is 4.66. The Morgan fingerprint density at radius 3 is 2.81 bits per heavy atom. The Labute approximate surface area is 134 Å². The molecule has 1 heterocycles. The first-order valence-electron chi connectivity index (χ1n) is 7.67. The van der Waals surface area contributed by atoms with Crippen LogP contribution in [0.5, 0.6) is 0 Å². The molecule has 112 valence electrons. The van der Waals surface area contributed by atoms with E-state index < -0.39 is 0 Å². The molecule has 0 amide bonds. The van der Waals surface area contributed by atoms with Crippen molar-refractivity contribution in [1.29, 1.82) is 0 Å². The van der Waals surface area contributed by atoms with Gasteiger partial charge in [-0.05, 0) is 43.0 Å². The summed E-state index contributed by atoms with van der Waals surface area (Å²) in [6, 6.07) is 10.7. The van der Waals surface area contributed by atoms with Crippen LogP contribution in [0, 0.1) is 0 Å². The fourth-order valence-corrected chi connectivity index (χ4v) is 3.55. The van der Waals surface area contributed by atoms with E-state index >= 15 is 0 Å². The zero-order chi connectivity index (χ0) is 14.7. The molecule has 0 aliphatic heterocycles. The van der Waals surface area contributed by atoms with Crippen LogP contribution < -0.4 is 0 Å². The van der Waals surface area contributed by atoms with Gasteiger partial charge >= 0.3 is 0 Å². The zero-order valence-electron chi connectivity index (χ0n) is 12.1. The molecule has 3 rings (SSSR count). The second-order valence-electron chi connectivity index (χ2n) is 5.92. The molecule has 1 aliphatic carbocycles. The minimum absolute atomic E-state index is 0.383. The molecule has 1 unspecified atom stereocenters. The van der Waals surface area contributed by atoms with Gasteiger partial charge in [0, 0.05) is 17.1 Å². The summed E-state index contributed by atoms with van der Waals surface area (Å²) in [7, 11) is 0. The van der Waals surface area contributed by atoms with Crippen molar-refractivity contribution in [2.45, 2.75) is 50.7 Å². The molecule has 4 heteroatoms. The monoisotopic (exact) mass is 348 g/mol. The summed E-state index contributed by atoms with van der Waals surface area (Å²) in [6.45, 7) is 0. The van der Waals surface area contributed by atoms with E-state index in [2.05, 4.69) is 38.0 Å². The lowest BCUT2D eigenvalue weighted by molar-refractivity contribution is 0.174. The van der Waals surface area contributed by atoms with Gasteiger partial charge in [0.15, 0.2) is 0 Å². The normalized spacial score (nSPS) is 17.2. The van der Waals surface area contributed by atoms with Crippen LogP contribution in [-0.2, 0) is 12.8 Å². The first-order valence-corrected chi connectivity index (χ1v) is 8.46. The maximum Gasteiger partial charge on any atom is 0.0650 e. The molecule has 1 aromatic heterocycles. The number of hydrogen-bond donors (Lipinski definition) is 1. The van der Waals surface area contributed by atoms with E-state index in [1.54, 1.807) is 0 Å². The molecule has 1 fully saturated rings. The quantitative estimate of drug-likeness (QED) is 0.889. The SMILES string of the molecule is OC(Cc1cccc(Br)c1)Cc1ccn(C2CCCC2)n1. The highest BCUT2D eigenvalue weighted by molar-refractivity contribution is 9.10. The van der Waals surface area contributed by atoms with Crippen LogP contribution in [0.2, 0.25) is 0 Å². The number of halogens is 1. The second kappa shape index (κ2) is 6.75. The minimum Gasteiger partial charge on any atom is -0.392 e. The molecular formula is C17H21BrN2O. The highest BCUT2D eigenvalue weighted by Crippen LogP contribution is 2.28. The number of hydrogen-bond acceptors (Lipinski definition) is 2. The standard InChI is InChI=1S/C17H21BrN2O/c18-14-5-3-4-13(10-14)11-17(21)12-15-8-9-20(19-15)16-6-1-2-7-16/h3-5,8-10,16-17,21H,1-2,6-7,11-12H2. The average molecular weight is 349 g/mol. The van der Waals surface area contributed by atoms with E-state index in [1.807, 2.05) is 24.3 Å². The van der Waals surface area contributed by atoms with E-state index in [0.717, 1.165) is 15.7 Å². The van der Waals surface area contributed by atoms with Gasteiger partial charge in [0.1, 0.15) is 0 Å². The summed E-state index contributed by atoms with van der Waals surface area (Å²) < 4.78 is 3.14. The van der Waals surface area contributed by atoms with Crippen LogP contribution in [0.1, 0.15) is 43.0 Å². The second-order valence-corrected chi connectivity index (χ2v) is 6.83. The lowest BCUT2D eigenvalue weighted by atomic mass is 10.0. The molecule has 1 saturated carbocycles. The average Bonchev–Trinajstić information content (AvgIpc) is 3.08. The van der Waals surface area contributed by atoms with Crippen LogP contribution in [-0.4, -0.2) is 21.0 Å². The number of nitrogens with zero attached hydrogens (tertiary/aromatic N) is 2. The Balaban J connectivity index is 1.58. The third kappa shape index (κ3) is 3.95. The van der Waals surface area contributed by atoms with Crippen molar-refractivity contribution in [3.05, 3.63) is 52.3 Å². The Morgan fingerprint density at radius 2 is 2.05 bits per heavy atom. The minimum atomic E-state index is -0.383. The highest BCUT2D eigenvalue weighted by atomic mass is 79.9. The summed E-state index contributed by atoms with van der Waals surface area (Å²) >= 11 is 3.46. The first-order chi connectivity index (χ1) is 10.2. The van der Waals surface area contributed by atoms with Gasteiger partial charge < -0.3 is 5.11 Å². The van der Waals surface area contributed by atoms with Gasteiger partial charge in [-0.2, -0.15) is 5.10 Å². The lowest BCUT2D eigenvalue weighted by Gasteiger charge is -2.11. The van der Waals surface area contributed by atoms with Crippen LogP contribution >= 0.6 is 15.9 Å². The van der Waals surface area contributed by atoms with Crippen LogP contribution in [0.25, 0.3) is 0 Å². The van der Waals surface area contributed by atoms with Crippen molar-refractivity contribution < 1.29 is 5.11 Å². The fraction of sp³-hybridized carbons (Fsp3) is 0.471. The van der Waals surface area contributed by atoms with E-state index in [-0.39, 0.29) is 6.10 Å². The van der Waals surface area contributed by atoms with Crippen molar-refractivity contribution in [2.24, 2.45) is 0 Å². The Hall–Kier alpha value is -1.13. The molecule has 1 aliphatic rings. The third-order valence-electron chi connectivity index (χ3n) is 4.17. The van der Waals surface area contributed by atoms with Crippen LogP contribution in [0.4, 0.5) is 0 Å².